The van der Waals surface area contributed by atoms with Crippen LogP contribution in [0.15, 0.2) is 54.6 Å². The van der Waals surface area contributed by atoms with Crippen LogP contribution in [0.4, 0.5) is 4.39 Å². The van der Waals surface area contributed by atoms with Gasteiger partial charge < -0.3 is 5.32 Å². The zero-order valence-electron chi connectivity index (χ0n) is 17.6. The van der Waals surface area contributed by atoms with Gasteiger partial charge in [0.1, 0.15) is 5.82 Å². The average Bonchev–Trinajstić information content (AvgIpc) is 3.29. The molecule has 0 saturated carbocycles. The number of benzene rings is 2. The molecule has 4 nitrogen and oxygen atoms in total. The van der Waals surface area contributed by atoms with Gasteiger partial charge in [0.05, 0.1) is 12.0 Å². The van der Waals surface area contributed by atoms with E-state index in [-0.39, 0.29) is 23.7 Å². The smallest absolute Gasteiger partial charge is 0.224 e. The minimum Gasteiger partial charge on any atom is -0.354 e. The van der Waals surface area contributed by atoms with Gasteiger partial charge in [0.15, 0.2) is 0 Å². The topological polar surface area (TPSA) is 35.6 Å². The molecule has 0 aliphatic carbocycles. The molecule has 2 saturated heterocycles. The van der Waals surface area contributed by atoms with Crippen LogP contribution in [-0.2, 0) is 11.3 Å². The van der Waals surface area contributed by atoms with Crippen LogP contribution in [0.1, 0.15) is 42.9 Å². The van der Waals surface area contributed by atoms with Crippen LogP contribution in [0.5, 0.6) is 0 Å². The summed E-state index contributed by atoms with van der Waals surface area (Å²) in [5.74, 6) is -0.0472. The molecule has 0 radical (unpaired) electrons. The molecule has 5 heteroatoms. The normalized spacial score (nSPS) is 21.4. The number of piperidine rings is 1. The minimum absolute atomic E-state index is 0.00214. The lowest BCUT2D eigenvalue weighted by Gasteiger charge is -2.33. The molecular formula is C25H32FN3O. The van der Waals surface area contributed by atoms with Crippen LogP contribution in [0, 0.1) is 11.7 Å². The lowest BCUT2D eigenvalue weighted by atomic mass is 9.96. The Bertz CT molecular complexity index is 822. The summed E-state index contributed by atoms with van der Waals surface area (Å²) < 4.78 is 13.5. The number of hydrogen-bond donors (Lipinski definition) is 1. The van der Waals surface area contributed by atoms with Crippen molar-refractivity contribution in [3.05, 3.63) is 71.5 Å². The summed E-state index contributed by atoms with van der Waals surface area (Å²) in [5, 5.41) is 3.25. The van der Waals surface area contributed by atoms with Gasteiger partial charge in [-0.1, -0.05) is 42.5 Å². The Morgan fingerprint density at radius 2 is 1.83 bits per heavy atom. The van der Waals surface area contributed by atoms with E-state index in [9.17, 15) is 9.18 Å². The SMILES string of the molecule is O=C(NCC(c1ccccc1)N1CCCC1)C1CCCN(Cc2cccc(F)c2)C1. The summed E-state index contributed by atoms with van der Waals surface area (Å²) in [5.41, 5.74) is 2.24. The predicted molar refractivity (Wildman–Crippen MR) is 117 cm³/mol. The molecular weight excluding hydrogens is 377 g/mol. The third kappa shape index (κ3) is 5.46. The molecule has 160 valence electrons. The van der Waals surface area contributed by atoms with Crippen molar-refractivity contribution in [2.45, 2.75) is 38.3 Å². The third-order valence-corrected chi connectivity index (χ3v) is 6.41. The van der Waals surface area contributed by atoms with Crippen LogP contribution in [0.2, 0.25) is 0 Å². The quantitative estimate of drug-likeness (QED) is 0.751. The maximum Gasteiger partial charge on any atom is 0.224 e. The number of hydrogen-bond acceptors (Lipinski definition) is 3. The standard InChI is InChI=1S/C25H32FN3O/c26-23-12-6-8-20(16-23)18-28-13-7-11-22(19-28)25(30)27-17-24(29-14-4-5-15-29)21-9-2-1-3-10-21/h1-3,6,8-10,12,16,22,24H,4-5,7,11,13-15,17-19H2,(H,27,30). The first kappa shape index (κ1) is 21.0. The largest absolute Gasteiger partial charge is 0.354 e. The number of carbonyl (C=O) groups is 1. The van der Waals surface area contributed by atoms with Crippen molar-refractivity contribution >= 4 is 5.91 Å². The summed E-state index contributed by atoms with van der Waals surface area (Å²) in [4.78, 5) is 17.8. The third-order valence-electron chi connectivity index (χ3n) is 6.41. The van der Waals surface area contributed by atoms with Gasteiger partial charge in [0, 0.05) is 19.6 Å². The molecule has 2 atom stereocenters. The Balaban J connectivity index is 1.34. The second-order valence-electron chi connectivity index (χ2n) is 8.62. The fraction of sp³-hybridized carbons (Fsp3) is 0.480. The first-order valence-corrected chi connectivity index (χ1v) is 11.2. The molecule has 0 bridgehead atoms. The molecule has 0 spiro atoms. The molecule has 0 aromatic heterocycles. The fourth-order valence-electron chi connectivity index (χ4n) is 4.83. The Morgan fingerprint density at radius 1 is 1.03 bits per heavy atom. The van der Waals surface area contributed by atoms with Gasteiger partial charge >= 0.3 is 0 Å². The van der Waals surface area contributed by atoms with E-state index in [0.717, 1.165) is 44.6 Å². The molecule has 4 rings (SSSR count). The van der Waals surface area contributed by atoms with Crippen molar-refractivity contribution in [1.29, 1.82) is 0 Å². The average molecular weight is 410 g/mol. The second-order valence-corrected chi connectivity index (χ2v) is 8.62. The maximum absolute atomic E-state index is 13.5. The van der Waals surface area contributed by atoms with Crippen molar-refractivity contribution in [2.75, 3.05) is 32.7 Å². The van der Waals surface area contributed by atoms with E-state index in [1.807, 2.05) is 12.1 Å². The summed E-state index contributed by atoms with van der Waals surface area (Å²) in [6, 6.07) is 17.5. The van der Waals surface area contributed by atoms with Crippen LogP contribution in [0.25, 0.3) is 0 Å². The van der Waals surface area contributed by atoms with E-state index >= 15 is 0 Å². The first-order valence-electron chi connectivity index (χ1n) is 11.2. The number of amides is 1. The van der Waals surface area contributed by atoms with E-state index < -0.39 is 0 Å². The number of nitrogens with zero attached hydrogens (tertiary/aromatic N) is 2. The van der Waals surface area contributed by atoms with E-state index in [0.29, 0.717) is 13.1 Å². The Labute approximate surface area is 179 Å². The number of carbonyl (C=O) groups excluding carboxylic acids is 1. The molecule has 1 amide bonds. The van der Waals surface area contributed by atoms with Crippen LogP contribution in [-0.4, -0.2) is 48.4 Å². The van der Waals surface area contributed by atoms with Crippen molar-refractivity contribution in [3.63, 3.8) is 0 Å². The van der Waals surface area contributed by atoms with Gasteiger partial charge in [-0.3, -0.25) is 14.6 Å². The highest BCUT2D eigenvalue weighted by Gasteiger charge is 2.28. The van der Waals surface area contributed by atoms with Crippen molar-refractivity contribution < 1.29 is 9.18 Å². The first-order chi connectivity index (χ1) is 14.7. The fourth-order valence-corrected chi connectivity index (χ4v) is 4.83. The van der Waals surface area contributed by atoms with E-state index in [1.165, 1.54) is 24.5 Å². The van der Waals surface area contributed by atoms with E-state index in [1.54, 1.807) is 12.1 Å². The van der Waals surface area contributed by atoms with Crippen molar-refractivity contribution in [1.82, 2.24) is 15.1 Å². The molecule has 2 aliphatic rings. The monoisotopic (exact) mass is 409 g/mol. The van der Waals surface area contributed by atoms with Gasteiger partial charge in [-0.25, -0.2) is 4.39 Å². The maximum atomic E-state index is 13.5. The summed E-state index contributed by atoms with van der Waals surface area (Å²) in [6.07, 6.45) is 4.39. The molecule has 2 heterocycles. The summed E-state index contributed by atoms with van der Waals surface area (Å²) >= 11 is 0. The van der Waals surface area contributed by atoms with Crippen LogP contribution in [0.3, 0.4) is 0 Å². The van der Waals surface area contributed by atoms with E-state index in [2.05, 4.69) is 39.4 Å². The lowest BCUT2D eigenvalue weighted by Crippen LogP contribution is -2.45. The minimum atomic E-state index is -0.201. The van der Waals surface area contributed by atoms with Gasteiger partial charge in [0.25, 0.3) is 0 Å². The van der Waals surface area contributed by atoms with Gasteiger partial charge in [0.2, 0.25) is 5.91 Å². The Kier molecular flexibility index (Phi) is 7.13. The Hall–Kier alpha value is -2.24. The molecule has 2 aliphatic heterocycles. The van der Waals surface area contributed by atoms with Crippen molar-refractivity contribution in [2.24, 2.45) is 5.92 Å². The highest BCUT2D eigenvalue weighted by Crippen LogP contribution is 2.25. The number of likely N-dealkylation sites (tertiary alicyclic amines) is 2. The highest BCUT2D eigenvalue weighted by atomic mass is 19.1. The zero-order valence-corrected chi connectivity index (χ0v) is 17.6. The number of nitrogens with one attached hydrogen (secondary N) is 1. The number of rotatable bonds is 7. The van der Waals surface area contributed by atoms with Gasteiger partial charge in [-0.15, -0.1) is 0 Å². The zero-order chi connectivity index (χ0) is 20.8. The molecule has 2 unspecified atom stereocenters. The lowest BCUT2D eigenvalue weighted by molar-refractivity contribution is -0.127. The van der Waals surface area contributed by atoms with E-state index in [4.69, 9.17) is 0 Å². The van der Waals surface area contributed by atoms with Gasteiger partial charge in [-0.05, 0) is 68.6 Å². The summed E-state index contributed by atoms with van der Waals surface area (Å²) in [6.45, 7) is 5.24. The molecule has 2 aromatic rings. The Morgan fingerprint density at radius 3 is 2.60 bits per heavy atom. The molecule has 2 aromatic carbocycles. The van der Waals surface area contributed by atoms with Crippen molar-refractivity contribution in [3.8, 4) is 0 Å². The molecule has 2 fully saturated rings. The highest BCUT2D eigenvalue weighted by molar-refractivity contribution is 5.79. The predicted octanol–water partition coefficient (Wildman–Crippen LogP) is 3.99. The molecule has 1 N–H and O–H groups in total. The molecule has 30 heavy (non-hydrogen) atoms. The van der Waals surface area contributed by atoms with Crippen LogP contribution >= 0.6 is 0 Å². The number of halogens is 1. The van der Waals surface area contributed by atoms with Crippen LogP contribution < -0.4 is 5.32 Å². The second kappa shape index (κ2) is 10.2. The van der Waals surface area contributed by atoms with Gasteiger partial charge in [-0.2, -0.15) is 0 Å². The summed E-state index contributed by atoms with van der Waals surface area (Å²) in [7, 11) is 0.